The molecule has 0 aliphatic rings. The summed E-state index contributed by atoms with van der Waals surface area (Å²) in [6, 6.07) is 1.64. The van der Waals surface area contributed by atoms with E-state index in [-0.39, 0.29) is 0 Å². The van der Waals surface area contributed by atoms with Crippen molar-refractivity contribution in [1.29, 1.82) is 0 Å². The molecule has 0 rings (SSSR count). The number of nitrogens with two attached hydrogens (primary N) is 1. The topological polar surface area (TPSA) is 120 Å². The lowest BCUT2D eigenvalue weighted by Gasteiger charge is -2.23. The number of hydrogen-bond acceptors (Lipinski definition) is 10. The molecule has 0 amide bonds. The summed E-state index contributed by atoms with van der Waals surface area (Å²) in [5, 5.41) is 3.24. The predicted molar refractivity (Wildman–Crippen MR) is 136 cm³/mol. The molecule has 10 nitrogen and oxygen atoms in total. The van der Waals surface area contributed by atoms with Gasteiger partial charge in [0.2, 0.25) is 0 Å². The van der Waals surface area contributed by atoms with E-state index in [2.05, 4.69) is 22.9 Å². The minimum atomic E-state index is -2.52. The molecule has 3 N–H and O–H groups in total. The van der Waals surface area contributed by atoms with Crippen molar-refractivity contribution in [3.8, 4) is 0 Å². The molecule has 0 fully saturated rings. The number of hydrogen-bond donors (Lipinski definition) is 2. The van der Waals surface area contributed by atoms with Gasteiger partial charge in [-0.05, 0) is 38.9 Å². The average Bonchev–Trinajstić information content (AvgIpc) is 2.84. The number of ether oxygens (including phenoxy) is 1. The van der Waals surface area contributed by atoms with Gasteiger partial charge in [0, 0.05) is 67.4 Å². The van der Waals surface area contributed by atoms with Crippen LogP contribution in [0.1, 0.15) is 19.8 Å². The Hall–Kier alpha value is -0.459. The molecule has 32 heavy (non-hydrogen) atoms. The van der Waals surface area contributed by atoms with Crippen molar-refractivity contribution in [1.82, 2.24) is 5.32 Å². The predicted octanol–water partition coefficient (Wildman–Crippen LogP) is 0.577. The fourth-order valence-corrected chi connectivity index (χ4v) is 5.21. The van der Waals surface area contributed by atoms with Gasteiger partial charge in [-0.3, -0.25) is 0 Å². The van der Waals surface area contributed by atoms with Crippen LogP contribution in [0.3, 0.4) is 0 Å². The first-order chi connectivity index (χ1) is 15.2. The summed E-state index contributed by atoms with van der Waals surface area (Å²) in [5.41, 5.74) is 5.35. The molecule has 0 bridgehead atoms. The van der Waals surface area contributed by atoms with Gasteiger partial charge in [-0.15, -0.1) is 0 Å². The van der Waals surface area contributed by atoms with Gasteiger partial charge >= 0.3 is 23.3 Å². The van der Waals surface area contributed by atoms with Gasteiger partial charge in [-0.2, -0.15) is 0 Å². The lowest BCUT2D eigenvalue weighted by Crippen LogP contribution is -2.42. The second-order valence-electron chi connectivity index (χ2n) is 6.53. The van der Waals surface area contributed by atoms with Gasteiger partial charge in [0.25, 0.3) is 0 Å². The SMILES string of the molecule is C=CC(=O)OCCC[Si](OC)(OC)OC.CCO[SiH3].CO[Si](C)(CCCNCCN)OC. The van der Waals surface area contributed by atoms with Crippen LogP contribution in [-0.2, 0) is 36.1 Å². The molecule has 0 radical (unpaired) electrons. The van der Waals surface area contributed by atoms with Gasteiger partial charge in [0.05, 0.1) is 6.61 Å². The Morgan fingerprint density at radius 2 is 1.53 bits per heavy atom. The van der Waals surface area contributed by atoms with Gasteiger partial charge in [0.15, 0.2) is 0 Å². The fourth-order valence-electron chi connectivity index (χ4n) is 2.13. The molecule has 0 saturated heterocycles. The van der Waals surface area contributed by atoms with Crippen LogP contribution in [0, 0.1) is 0 Å². The van der Waals surface area contributed by atoms with Crippen LogP contribution in [0.2, 0.25) is 18.6 Å². The Bertz CT molecular complexity index is 419. The molecule has 0 saturated carbocycles. The Morgan fingerprint density at radius 3 is 1.91 bits per heavy atom. The second kappa shape index (κ2) is 25.2. The van der Waals surface area contributed by atoms with E-state index >= 15 is 0 Å². The minimum absolute atomic E-state index is 0.315. The molecule has 0 unspecified atom stereocenters. The van der Waals surface area contributed by atoms with Gasteiger partial charge in [-0.25, -0.2) is 4.79 Å². The zero-order valence-electron chi connectivity index (χ0n) is 21.5. The highest BCUT2D eigenvalue weighted by molar-refractivity contribution is 6.65. The molecular formula is C19H48N2O8Si3. The van der Waals surface area contributed by atoms with Crippen molar-refractivity contribution in [2.45, 2.75) is 38.4 Å². The summed E-state index contributed by atoms with van der Waals surface area (Å²) in [4.78, 5) is 10.7. The van der Waals surface area contributed by atoms with E-state index in [0.29, 0.717) is 25.6 Å². The third-order valence-electron chi connectivity index (χ3n) is 4.43. The Morgan fingerprint density at radius 1 is 1.00 bits per heavy atom. The maximum absolute atomic E-state index is 10.7. The maximum atomic E-state index is 10.7. The van der Waals surface area contributed by atoms with Crippen LogP contribution in [0.4, 0.5) is 0 Å². The highest BCUT2D eigenvalue weighted by atomic mass is 28.4. The lowest BCUT2D eigenvalue weighted by molar-refractivity contribution is -0.137. The first kappa shape index (κ1) is 36.1. The second-order valence-corrected chi connectivity index (χ2v) is 13.8. The zero-order valence-corrected chi connectivity index (χ0v) is 25.5. The van der Waals surface area contributed by atoms with Crippen LogP contribution in [-0.4, -0.2) is 102 Å². The molecule has 0 spiro atoms. The standard InChI is InChI=1S/C9H18O5Si.C8H22N2O2Si.C2H8OSi/c1-5-9(10)14-7-6-8-15(11-2,12-3)13-4;1-11-13(3,12-2)8-4-6-10-7-5-9;1-2-3-4/h5H,1,6-8H2,2-4H3;10H,4-9H2,1-3H3;2H2,1,4H3. The monoisotopic (exact) mass is 516 g/mol. The van der Waals surface area contributed by atoms with Crippen molar-refractivity contribution < 1.29 is 36.1 Å². The first-order valence-corrected chi connectivity index (χ1v) is 16.0. The Kier molecular flexibility index (Phi) is 28.4. The quantitative estimate of drug-likeness (QED) is 0.123. The van der Waals surface area contributed by atoms with Crippen molar-refractivity contribution >= 4 is 33.8 Å². The van der Waals surface area contributed by atoms with Crippen molar-refractivity contribution in [2.24, 2.45) is 5.73 Å². The summed E-state index contributed by atoms with van der Waals surface area (Å²) >= 11 is 0. The minimum Gasteiger partial charge on any atom is -0.463 e. The van der Waals surface area contributed by atoms with Crippen LogP contribution in [0.15, 0.2) is 12.7 Å². The molecule has 0 aliphatic carbocycles. The number of rotatable bonds is 17. The van der Waals surface area contributed by atoms with Crippen molar-refractivity contribution in [3.05, 3.63) is 12.7 Å². The number of esters is 1. The summed E-state index contributed by atoms with van der Waals surface area (Å²) in [5.74, 6) is -0.422. The van der Waals surface area contributed by atoms with Crippen LogP contribution >= 0.6 is 0 Å². The Labute approximate surface area is 200 Å². The van der Waals surface area contributed by atoms with Gasteiger partial charge in [0.1, 0.15) is 10.5 Å². The van der Waals surface area contributed by atoms with E-state index in [4.69, 9.17) is 32.6 Å². The number of carbonyl (C=O) groups excluding carboxylic acids is 1. The maximum Gasteiger partial charge on any atom is 0.500 e. The number of nitrogens with one attached hydrogen (secondary N) is 1. The first-order valence-electron chi connectivity index (χ1n) is 10.7. The summed E-state index contributed by atoms with van der Waals surface area (Å²) in [7, 11) is 4.65. The summed E-state index contributed by atoms with van der Waals surface area (Å²) < 4.78 is 35.8. The fraction of sp³-hybridized carbons (Fsp3) is 0.842. The molecule has 0 aliphatic heterocycles. The van der Waals surface area contributed by atoms with Gasteiger partial charge < -0.3 is 42.3 Å². The van der Waals surface area contributed by atoms with Crippen molar-refractivity contribution in [3.63, 3.8) is 0 Å². The van der Waals surface area contributed by atoms with E-state index in [0.717, 1.165) is 48.7 Å². The van der Waals surface area contributed by atoms with E-state index in [9.17, 15) is 4.79 Å². The highest BCUT2D eigenvalue weighted by Crippen LogP contribution is 2.15. The third-order valence-corrected chi connectivity index (χ3v) is 10.8. The molecule has 0 aromatic heterocycles. The molecule has 0 aromatic rings. The molecule has 0 aromatic carbocycles. The molecule has 13 heteroatoms. The highest BCUT2D eigenvalue weighted by Gasteiger charge is 2.36. The Balaban J connectivity index is -0.000000453. The third kappa shape index (κ3) is 21.4. The molecule has 0 heterocycles. The normalized spacial score (nSPS) is 11.1. The summed E-state index contributed by atoms with van der Waals surface area (Å²) in [6.07, 6.45) is 2.86. The zero-order chi connectivity index (χ0) is 25.3. The molecular weight excluding hydrogens is 468 g/mol. The summed E-state index contributed by atoms with van der Waals surface area (Å²) in [6.45, 7) is 11.1. The number of carbonyl (C=O) groups is 1. The lowest BCUT2D eigenvalue weighted by atomic mass is 10.5. The largest absolute Gasteiger partial charge is 0.500 e. The van der Waals surface area contributed by atoms with E-state index in [1.807, 2.05) is 6.92 Å². The molecule has 194 valence electrons. The van der Waals surface area contributed by atoms with Crippen LogP contribution < -0.4 is 11.1 Å². The molecule has 0 atom stereocenters. The smallest absolute Gasteiger partial charge is 0.463 e. The average molecular weight is 517 g/mol. The van der Waals surface area contributed by atoms with Crippen molar-refractivity contribution in [2.75, 3.05) is 68.4 Å². The van der Waals surface area contributed by atoms with E-state index in [1.54, 1.807) is 35.5 Å². The van der Waals surface area contributed by atoms with Crippen LogP contribution in [0.25, 0.3) is 0 Å². The van der Waals surface area contributed by atoms with Crippen LogP contribution in [0.5, 0.6) is 0 Å². The van der Waals surface area contributed by atoms with E-state index in [1.165, 1.54) is 0 Å². The van der Waals surface area contributed by atoms with Gasteiger partial charge in [-0.1, -0.05) is 6.58 Å². The van der Waals surface area contributed by atoms with E-state index < -0.39 is 23.3 Å².